The summed E-state index contributed by atoms with van der Waals surface area (Å²) in [6, 6.07) is 24.9. The summed E-state index contributed by atoms with van der Waals surface area (Å²) in [5, 5.41) is 12.1. The molecule has 0 bridgehead atoms. The van der Waals surface area contributed by atoms with Gasteiger partial charge in [-0.05, 0) is 110 Å². The molecule has 16 heteroatoms. The fourth-order valence-corrected chi connectivity index (χ4v) is 15.8. The van der Waals surface area contributed by atoms with Crippen molar-refractivity contribution in [3.8, 4) is 0 Å². The number of rotatable bonds is 18. The van der Waals surface area contributed by atoms with Crippen LogP contribution in [0, 0.1) is 62.4 Å². The molecule has 16 nitrogen and oxygen atoms in total. The Labute approximate surface area is 458 Å². The fourth-order valence-electron chi connectivity index (χ4n) is 15.8. The Morgan fingerprint density at radius 3 is 2.10 bits per heavy atom. The highest BCUT2D eigenvalue weighted by molar-refractivity contribution is 5.81. The molecule has 0 unspecified atom stereocenters. The van der Waals surface area contributed by atoms with Crippen LogP contribution in [0.3, 0.4) is 0 Å². The van der Waals surface area contributed by atoms with Gasteiger partial charge in [0.1, 0.15) is 24.1 Å². The number of nitro benzene ring substituents is 1. The number of ketones is 1. The highest BCUT2D eigenvalue weighted by atomic mass is 16.7. The van der Waals surface area contributed by atoms with E-state index in [1.54, 1.807) is 6.07 Å². The Morgan fingerprint density at radius 2 is 1.41 bits per heavy atom. The third-order valence-electron chi connectivity index (χ3n) is 19.5. The Balaban J connectivity index is 0.949. The van der Waals surface area contributed by atoms with Crippen molar-refractivity contribution in [2.75, 3.05) is 13.2 Å². The first-order valence-corrected chi connectivity index (χ1v) is 28.6. The summed E-state index contributed by atoms with van der Waals surface area (Å²) < 4.78 is 59.9. The van der Waals surface area contributed by atoms with Crippen LogP contribution in [0.2, 0.25) is 0 Å². The number of hydrogen-bond donors (Lipinski definition) is 0. The molecule has 78 heavy (non-hydrogen) atoms. The van der Waals surface area contributed by atoms with Crippen LogP contribution in [0.5, 0.6) is 0 Å². The second-order valence-electron chi connectivity index (χ2n) is 24.4. The average molecular weight is 1080 g/mol. The van der Waals surface area contributed by atoms with E-state index >= 15 is 0 Å². The first kappa shape index (κ1) is 56.2. The molecule has 0 radical (unpaired) electrons. The van der Waals surface area contributed by atoms with E-state index < -0.39 is 65.9 Å². The zero-order valence-electron chi connectivity index (χ0n) is 46.1. The first-order valence-electron chi connectivity index (χ1n) is 28.6. The Bertz CT molecular complexity index is 2610. The lowest BCUT2D eigenvalue weighted by Gasteiger charge is -2.63. The number of Topliss-reactive ketones (excluding diaryl/α,β-unsaturated/α-hetero) is 1. The van der Waals surface area contributed by atoms with Gasteiger partial charge in [0, 0.05) is 43.2 Å². The normalized spacial score (nSPS) is 37.7. The minimum atomic E-state index is -1.38. The van der Waals surface area contributed by atoms with Crippen LogP contribution >= 0.6 is 0 Å². The lowest BCUT2D eigenvalue weighted by atomic mass is 9.43. The molecule has 18 atom stereocenters. The third kappa shape index (κ3) is 11.6. The van der Waals surface area contributed by atoms with Crippen molar-refractivity contribution in [2.45, 2.75) is 187 Å². The van der Waals surface area contributed by atoms with Crippen LogP contribution in [0.1, 0.15) is 129 Å². The molecule has 0 aromatic heterocycles. The second kappa shape index (κ2) is 23.5. The molecule has 4 aliphatic carbocycles. The molecule has 3 aromatic carbocycles. The summed E-state index contributed by atoms with van der Waals surface area (Å²) >= 11 is 0. The number of carbonyl (C=O) groups excluding carboxylic acids is 4. The molecule has 4 saturated carbocycles. The van der Waals surface area contributed by atoms with Gasteiger partial charge in [0.05, 0.1) is 56.4 Å². The summed E-state index contributed by atoms with van der Waals surface area (Å²) in [6.07, 6.45) is 0.188. The summed E-state index contributed by atoms with van der Waals surface area (Å²) in [4.78, 5) is 65.0. The van der Waals surface area contributed by atoms with Crippen LogP contribution in [0.15, 0.2) is 84.9 Å². The number of hydrogen-bond acceptors (Lipinski definition) is 15. The van der Waals surface area contributed by atoms with Crippen LogP contribution in [-0.2, 0) is 81.4 Å². The molecule has 3 saturated heterocycles. The number of benzene rings is 3. The third-order valence-corrected chi connectivity index (χ3v) is 19.5. The maximum Gasteiger partial charge on any atom is 0.311 e. The number of ether oxygens (including phenoxy) is 9. The van der Waals surface area contributed by atoms with Gasteiger partial charge in [-0.3, -0.25) is 24.5 Å². The highest BCUT2D eigenvalue weighted by Gasteiger charge is 2.70. The molecule has 0 N–H and O–H groups in total. The van der Waals surface area contributed by atoms with E-state index in [2.05, 4.69) is 27.7 Å². The molecule has 3 heterocycles. The molecule has 3 aliphatic heterocycles. The van der Waals surface area contributed by atoms with E-state index in [0.29, 0.717) is 42.4 Å². The Hall–Kier alpha value is -5.10. The van der Waals surface area contributed by atoms with Crippen molar-refractivity contribution in [3.63, 3.8) is 0 Å². The number of para-hydroxylation sites is 1. The average Bonchev–Trinajstić information content (AvgIpc) is 3.86. The van der Waals surface area contributed by atoms with Crippen LogP contribution < -0.4 is 0 Å². The lowest BCUT2D eigenvalue weighted by Crippen LogP contribution is -2.64. The maximum absolute atomic E-state index is 14.4. The topological polar surface area (TPSA) is 194 Å². The van der Waals surface area contributed by atoms with Crippen molar-refractivity contribution >= 4 is 29.4 Å². The van der Waals surface area contributed by atoms with E-state index in [9.17, 15) is 29.3 Å². The standard InChI is InChI=1S/C62H79NO15/c1-37-23-28-62(72-33-37)39(3)55-51(78-62)32-47-45-31-50(73-40(4)65)48-30-44(24-26-60(48,5)46(45)25-27-61(47,55)6)74-59-58(77-54(67)29-43-19-13-14-20-49(43)63(68)69)57(71-35-42-17-11-8-12-18-42)56(76-53(66)22-21-38(2)64)52(75-59)36-70-34-41-15-9-7-10-16-41/h7-20,37,39,44-48,50-52,55-59H,21-36H2,1-6H3/t37-,39+,44+,45-,46+,47+,48-,50+,51+,52-,55+,56-,57+,58-,59-,60-,61+,62-/m1/s1. The van der Waals surface area contributed by atoms with Gasteiger partial charge in [-0.15, -0.1) is 0 Å². The maximum atomic E-state index is 14.4. The predicted octanol–water partition coefficient (Wildman–Crippen LogP) is 10.2. The van der Waals surface area contributed by atoms with Gasteiger partial charge in [0.2, 0.25) is 0 Å². The monoisotopic (exact) mass is 1080 g/mol. The van der Waals surface area contributed by atoms with Gasteiger partial charge in [-0.1, -0.05) is 107 Å². The first-order chi connectivity index (χ1) is 37.4. The Morgan fingerprint density at radius 1 is 0.718 bits per heavy atom. The van der Waals surface area contributed by atoms with Crippen LogP contribution in [-0.4, -0.2) is 96.6 Å². The number of esters is 3. The second-order valence-corrected chi connectivity index (χ2v) is 24.4. The SMILES string of the molecule is CC(=O)CCC(=O)O[C@H]1[C@H](OCc2ccccc2)[C@@H](OC(=O)Cc2ccccc2[N+](=O)[O-])[C@H](O[C@H]2CC[C@@]3(C)[C@H](C2)[C@@H](OC(C)=O)C[C@@H]2[C@@H]3CC[C@]3(C)[C@@H]4[C@H](C[C@@H]23)O[C@]2(CC[C@@H](C)CO2)[C@H]4C)O[C@@H]1COCc1ccccc1. The smallest absolute Gasteiger partial charge is 0.311 e. The van der Waals surface area contributed by atoms with Gasteiger partial charge in [0.15, 0.2) is 24.3 Å². The predicted molar refractivity (Wildman–Crippen MR) is 284 cm³/mol. The highest BCUT2D eigenvalue weighted by Crippen LogP contribution is 2.71. The zero-order chi connectivity index (χ0) is 54.9. The summed E-state index contributed by atoms with van der Waals surface area (Å²) in [5.41, 5.74) is 1.44. The van der Waals surface area contributed by atoms with E-state index in [1.807, 2.05) is 60.7 Å². The molecule has 1 spiro atoms. The number of nitro groups is 1. The molecule has 422 valence electrons. The summed E-state index contributed by atoms with van der Waals surface area (Å²) in [5.74, 6) is -0.309. The van der Waals surface area contributed by atoms with Gasteiger partial charge in [-0.25, -0.2) is 0 Å². The molecule has 10 rings (SSSR count). The van der Waals surface area contributed by atoms with Crippen molar-refractivity contribution in [1.29, 1.82) is 0 Å². The van der Waals surface area contributed by atoms with Gasteiger partial charge >= 0.3 is 17.9 Å². The fraction of sp³-hybridized carbons (Fsp3) is 0.645. The quantitative estimate of drug-likeness (QED) is 0.0383. The van der Waals surface area contributed by atoms with Crippen LogP contribution in [0.4, 0.5) is 5.69 Å². The van der Waals surface area contributed by atoms with Gasteiger partial charge < -0.3 is 47.4 Å². The summed E-state index contributed by atoms with van der Waals surface area (Å²) in [6.45, 7) is 13.2. The van der Waals surface area contributed by atoms with E-state index in [1.165, 1.54) is 32.0 Å². The van der Waals surface area contributed by atoms with Crippen molar-refractivity contribution in [3.05, 3.63) is 112 Å². The van der Waals surface area contributed by atoms with Crippen molar-refractivity contribution < 1.29 is 66.7 Å². The van der Waals surface area contributed by atoms with Gasteiger partial charge in [-0.2, -0.15) is 0 Å². The van der Waals surface area contributed by atoms with Gasteiger partial charge in [0.25, 0.3) is 5.69 Å². The van der Waals surface area contributed by atoms with Crippen molar-refractivity contribution in [2.24, 2.45) is 52.3 Å². The molecule has 7 aliphatic rings. The number of nitrogens with zero attached hydrogens (tertiary/aromatic N) is 1. The Kier molecular flexibility index (Phi) is 17.0. The lowest BCUT2D eigenvalue weighted by molar-refractivity contribution is -0.385. The van der Waals surface area contributed by atoms with E-state index in [-0.39, 0.29) is 90.5 Å². The number of carbonyl (C=O) groups is 4. The van der Waals surface area contributed by atoms with Crippen molar-refractivity contribution in [1.82, 2.24) is 0 Å². The van der Waals surface area contributed by atoms with Crippen LogP contribution in [0.25, 0.3) is 0 Å². The molecule has 0 amide bonds. The van der Waals surface area contributed by atoms with E-state index in [0.717, 1.165) is 62.7 Å². The minimum Gasteiger partial charge on any atom is -0.462 e. The molecular weight excluding hydrogens is 999 g/mol. The zero-order valence-corrected chi connectivity index (χ0v) is 46.1. The summed E-state index contributed by atoms with van der Waals surface area (Å²) in [7, 11) is 0. The van der Waals surface area contributed by atoms with E-state index in [4.69, 9.17) is 42.6 Å². The molecular formula is C62H79NO15. The molecule has 7 fully saturated rings. The number of fused-ring (bicyclic) bond motifs is 7. The minimum absolute atomic E-state index is 0.00645. The largest absolute Gasteiger partial charge is 0.462 e. The molecule has 3 aromatic rings.